The van der Waals surface area contributed by atoms with Gasteiger partial charge in [0.05, 0.1) is 7.11 Å². The van der Waals surface area contributed by atoms with Gasteiger partial charge in [0.25, 0.3) is 0 Å². The SMILES string of the molecule is COC(=O)CN1Cc2ccccc2CN1. The lowest BCUT2D eigenvalue weighted by atomic mass is 10.1. The molecule has 0 aromatic heterocycles. The second-order valence-corrected chi connectivity index (χ2v) is 3.54. The maximum atomic E-state index is 11.1. The number of nitrogens with one attached hydrogen (secondary N) is 1. The first kappa shape index (κ1) is 10.1. The maximum absolute atomic E-state index is 11.1. The van der Waals surface area contributed by atoms with Crippen molar-refractivity contribution in [3.05, 3.63) is 35.4 Å². The number of hydrazine groups is 1. The lowest BCUT2D eigenvalue weighted by molar-refractivity contribution is -0.143. The Morgan fingerprint density at radius 2 is 2.20 bits per heavy atom. The first-order valence-corrected chi connectivity index (χ1v) is 4.91. The van der Waals surface area contributed by atoms with E-state index in [4.69, 9.17) is 0 Å². The van der Waals surface area contributed by atoms with Crippen LogP contribution in [0.2, 0.25) is 0 Å². The molecule has 0 bridgehead atoms. The number of carbonyl (C=O) groups excluding carboxylic acids is 1. The highest BCUT2D eigenvalue weighted by molar-refractivity contribution is 5.71. The number of methoxy groups -OCH3 is 1. The molecule has 80 valence electrons. The topological polar surface area (TPSA) is 41.6 Å². The predicted octanol–water partition coefficient (Wildman–Crippen LogP) is 0.680. The summed E-state index contributed by atoms with van der Waals surface area (Å²) in [5.74, 6) is -0.220. The van der Waals surface area contributed by atoms with E-state index in [-0.39, 0.29) is 12.5 Å². The van der Waals surface area contributed by atoms with Crippen molar-refractivity contribution in [2.45, 2.75) is 13.1 Å². The van der Waals surface area contributed by atoms with E-state index in [9.17, 15) is 4.79 Å². The van der Waals surface area contributed by atoms with Gasteiger partial charge in [0.2, 0.25) is 0 Å². The smallest absolute Gasteiger partial charge is 0.321 e. The number of ether oxygens (including phenoxy) is 1. The second-order valence-electron chi connectivity index (χ2n) is 3.54. The summed E-state index contributed by atoms with van der Waals surface area (Å²) in [6.45, 7) is 1.79. The Balaban J connectivity index is 2.02. The molecular formula is C11H14N2O2. The fraction of sp³-hybridized carbons (Fsp3) is 0.364. The van der Waals surface area contributed by atoms with Crippen molar-refractivity contribution in [2.24, 2.45) is 0 Å². The molecule has 1 heterocycles. The summed E-state index contributed by atoms with van der Waals surface area (Å²) in [5.41, 5.74) is 5.73. The number of carbonyl (C=O) groups is 1. The Labute approximate surface area is 88.8 Å². The molecule has 0 saturated heterocycles. The van der Waals surface area contributed by atoms with Crippen LogP contribution in [0.25, 0.3) is 0 Å². The lowest BCUT2D eigenvalue weighted by Gasteiger charge is -2.28. The first-order valence-electron chi connectivity index (χ1n) is 4.91. The summed E-state index contributed by atoms with van der Waals surface area (Å²) in [5, 5.41) is 1.87. The molecule has 1 N–H and O–H groups in total. The van der Waals surface area contributed by atoms with Crippen LogP contribution in [-0.4, -0.2) is 24.6 Å². The molecule has 0 spiro atoms. The number of benzene rings is 1. The van der Waals surface area contributed by atoms with E-state index in [1.54, 1.807) is 0 Å². The van der Waals surface area contributed by atoms with Crippen LogP contribution in [0, 0.1) is 0 Å². The first-order chi connectivity index (χ1) is 7.29. The van der Waals surface area contributed by atoms with Crippen LogP contribution in [0.4, 0.5) is 0 Å². The number of hydrogen-bond acceptors (Lipinski definition) is 4. The van der Waals surface area contributed by atoms with E-state index >= 15 is 0 Å². The monoisotopic (exact) mass is 206 g/mol. The average molecular weight is 206 g/mol. The molecule has 4 heteroatoms. The molecule has 0 radical (unpaired) electrons. The Kier molecular flexibility index (Phi) is 2.99. The number of rotatable bonds is 2. The molecule has 15 heavy (non-hydrogen) atoms. The van der Waals surface area contributed by atoms with Crippen LogP contribution in [0.3, 0.4) is 0 Å². The minimum absolute atomic E-state index is 0.220. The third-order valence-electron chi connectivity index (χ3n) is 2.52. The van der Waals surface area contributed by atoms with Crippen LogP contribution in [0.15, 0.2) is 24.3 Å². The summed E-state index contributed by atoms with van der Waals surface area (Å²) < 4.78 is 4.62. The summed E-state index contributed by atoms with van der Waals surface area (Å²) in [6, 6.07) is 8.22. The number of fused-ring (bicyclic) bond motifs is 1. The van der Waals surface area contributed by atoms with Gasteiger partial charge in [-0.25, -0.2) is 10.4 Å². The van der Waals surface area contributed by atoms with Crippen molar-refractivity contribution < 1.29 is 9.53 Å². The molecule has 0 unspecified atom stereocenters. The molecule has 1 aliphatic rings. The van der Waals surface area contributed by atoms with Gasteiger partial charge in [0.1, 0.15) is 6.54 Å². The number of esters is 1. The fourth-order valence-electron chi connectivity index (χ4n) is 1.67. The Morgan fingerprint density at radius 3 is 2.93 bits per heavy atom. The molecule has 2 rings (SSSR count). The molecule has 0 atom stereocenters. The molecule has 4 nitrogen and oxygen atoms in total. The lowest BCUT2D eigenvalue weighted by Crippen LogP contribution is -2.44. The molecule has 0 amide bonds. The van der Waals surface area contributed by atoms with Gasteiger partial charge in [-0.3, -0.25) is 4.79 Å². The summed E-state index contributed by atoms with van der Waals surface area (Å²) in [7, 11) is 1.40. The van der Waals surface area contributed by atoms with Gasteiger partial charge < -0.3 is 4.74 Å². The molecule has 0 saturated carbocycles. The quantitative estimate of drug-likeness (QED) is 0.722. The normalized spacial score (nSPS) is 15.8. The zero-order valence-electron chi connectivity index (χ0n) is 8.69. The highest BCUT2D eigenvalue weighted by Crippen LogP contribution is 2.15. The van der Waals surface area contributed by atoms with E-state index in [1.165, 1.54) is 18.2 Å². The van der Waals surface area contributed by atoms with Crippen LogP contribution < -0.4 is 5.43 Å². The van der Waals surface area contributed by atoms with E-state index in [2.05, 4.69) is 22.3 Å². The van der Waals surface area contributed by atoms with Crippen LogP contribution in [0.1, 0.15) is 11.1 Å². The fourth-order valence-corrected chi connectivity index (χ4v) is 1.67. The molecule has 1 aliphatic heterocycles. The maximum Gasteiger partial charge on any atom is 0.321 e. The van der Waals surface area contributed by atoms with Crippen molar-refractivity contribution in [3.63, 3.8) is 0 Å². The van der Waals surface area contributed by atoms with Gasteiger partial charge in [-0.2, -0.15) is 0 Å². The van der Waals surface area contributed by atoms with Gasteiger partial charge in [0, 0.05) is 13.1 Å². The van der Waals surface area contributed by atoms with Crippen LogP contribution >= 0.6 is 0 Å². The number of hydrogen-bond donors (Lipinski definition) is 1. The van der Waals surface area contributed by atoms with E-state index in [0.29, 0.717) is 0 Å². The van der Waals surface area contributed by atoms with Crippen molar-refractivity contribution >= 4 is 5.97 Å². The Hall–Kier alpha value is -1.39. The Morgan fingerprint density at radius 1 is 1.47 bits per heavy atom. The molecule has 1 aromatic carbocycles. The molecule has 0 aliphatic carbocycles. The van der Waals surface area contributed by atoms with Crippen molar-refractivity contribution in [3.8, 4) is 0 Å². The molecule has 0 fully saturated rings. The zero-order valence-corrected chi connectivity index (χ0v) is 8.69. The van der Waals surface area contributed by atoms with Gasteiger partial charge in [-0.05, 0) is 11.1 Å². The summed E-state index contributed by atoms with van der Waals surface area (Å²) in [6.07, 6.45) is 0. The van der Waals surface area contributed by atoms with Crippen molar-refractivity contribution in [2.75, 3.05) is 13.7 Å². The third kappa shape index (κ3) is 2.34. The minimum Gasteiger partial charge on any atom is -0.468 e. The van der Waals surface area contributed by atoms with E-state index < -0.39 is 0 Å². The highest BCUT2D eigenvalue weighted by atomic mass is 16.5. The predicted molar refractivity (Wildman–Crippen MR) is 55.7 cm³/mol. The van der Waals surface area contributed by atoms with Gasteiger partial charge in [-0.15, -0.1) is 0 Å². The zero-order chi connectivity index (χ0) is 10.7. The molecule has 1 aromatic rings. The van der Waals surface area contributed by atoms with Crippen LogP contribution in [-0.2, 0) is 22.6 Å². The van der Waals surface area contributed by atoms with E-state index in [1.807, 2.05) is 17.1 Å². The van der Waals surface area contributed by atoms with Gasteiger partial charge >= 0.3 is 5.97 Å². The minimum atomic E-state index is -0.220. The summed E-state index contributed by atoms with van der Waals surface area (Å²) >= 11 is 0. The third-order valence-corrected chi connectivity index (χ3v) is 2.52. The van der Waals surface area contributed by atoms with Crippen molar-refractivity contribution in [1.29, 1.82) is 0 Å². The summed E-state index contributed by atoms with van der Waals surface area (Å²) in [4.78, 5) is 11.1. The average Bonchev–Trinajstić information content (AvgIpc) is 2.29. The van der Waals surface area contributed by atoms with Gasteiger partial charge in [0.15, 0.2) is 0 Å². The van der Waals surface area contributed by atoms with E-state index in [0.717, 1.165) is 13.1 Å². The van der Waals surface area contributed by atoms with Gasteiger partial charge in [-0.1, -0.05) is 24.3 Å². The standard InChI is InChI=1S/C11H14N2O2/c1-15-11(14)8-13-7-10-5-3-2-4-9(10)6-12-13/h2-5,12H,6-8H2,1H3. The second kappa shape index (κ2) is 4.42. The van der Waals surface area contributed by atoms with Crippen molar-refractivity contribution in [1.82, 2.24) is 10.4 Å². The molecular weight excluding hydrogens is 192 g/mol. The highest BCUT2D eigenvalue weighted by Gasteiger charge is 2.17. The Bertz CT molecular complexity index is 365. The largest absolute Gasteiger partial charge is 0.468 e. The van der Waals surface area contributed by atoms with Crippen LogP contribution in [0.5, 0.6) is 0 Å². The number of nitrogens with zero attached hydrogens (tertiary/aromatic N) is 1.